The van der Waals surface area contributed by atoms with E-state index in [1.807, 2.05) is 30.3 Å². The van der Waals surface area contributed by atoms with Crippen LogP contribution >= 0.6 is 11.6 Å². The van der Waals surface area contributed by atoms with Crippen molar-refractivity contribution in [2.45, 2.75) is 49.5 Å². The van der Waals surface area contributed by atoms with Gasteiger partial charge in [0.05, 0.1) is 19.8 Å². The Kier molecular flexibility index (Phi) is 7.13. The molecule has 2 aromatic rings. The maximum Gasteiger partial charge on any atom is 0.124 e. The predicted octanol–water partition coefficient (Wildman–Crippen LogP) is 1.61. The number of aliphatic hydroxyl groups excluding tert-OH is 4. The highest BCUT2D eigenvalue weighted by Gasteiger charge is 2.46. The number of ether oxygens (including phenoxy) is 3. The zero-order chi connectivity index (χ0) is 22.0. The summed E-state index contributed by atoms with van der Waals surface area (Å²) in [6, 6.07) is 13.1. The zero-order valence-electron chi connectivity index (χ0n) is 16.9. The van der Waals surface area contributed by atoms with Gasteiger partial charge >= 0.3 is 0 Å². The molecule has 2 aliphatic rings. The lowest BCUT2D eigenvalue weighted by atomic mass is 9.96. The van der Waals surface area contributed by atoms with E-state index < -0.39 is 37.1 Å². The lowest BCUT2D eigenvalue weighted by Crippen LogP contribution is -2.40. The van der Waals surface area contributed by atoms with E-state index in [0.717, 1.165) is 29.9 Å². The van der Waals surface area contributed by atoms with Gasteiger partial charge in [0.15, 0.2) is 0 Å². The van der Waals surface area contributed by atoms with Crippen molar-refractivity contribution < 1.29 is 34.6 Å². The molecule has 4 N–H and O–H groups in total. The van der Waals surface area contributed by atoms with Gasteiger partial charge in [-0.2, -0.15) is 0 Å². The van der Waals surface area contributed by atoms with Crippen molar-refractivity contribution in [2.75, 3.05) is 19.8 Å². The van der Waals surface area contributed by atoms with Gasteiger partial charge in [-0.3, -0.25) is 0 Å². The van der Waals surface area contributed by atoms with Gasteiger partial charge in [0.2, 0.25) is 0 Å². The first-order valence-corrected chi connectivity index (χ1v) is 10.8. The quantitative estimate of drug-likeness (QED) is 0.507. The van der Waals surface area contributed by atoms with Crippen LogP contribution in [0.15, 0.2) is 42.5 Å². The number of halogens is 1. The number of aliphatic hydroxyl groups is 4. The molecular weight excluding hydrogens is 424 g/mol. The van der Waals surface area contributed by atoms with Crippen molar-refractivity contribution in [2.24, 2.45) is 0 Å². The van der Waals surface area contributed by atoms with Crippen LogP contribution in [0.2, 0.25) is 5.02 Å². The smallest absolute Gasteiger partial charge is 0.124 e. The Morgan fingerprint density at radius 2 is 1.87 bits per heavy atom. The molecule has 2 heterocycles. The van der Waals surface area contributed by atoms with Crippen molar-refractivity contribution in [3.8, 4) is 5.75 Å². The Balaban J connectivity index is 1.47. The minimum atomic E-state index is -1.30. The highest BCUT2D eigenvalue weighted by atomic mass is 35.5. The molecule has 0 bridgehead atoms. The number of hydrogen-bond donors (Lipinski definition) is 4. The number of hydrogen-bond acceptors (Lipinski definition) is 7. The van der Waals surface area contributed by atoms with E-state index in [9.17, 15) is 15.3 Å². The second-order valence-corrected chi connectivity index (χ2v) is 8.43. The summed E-state index contributed by atoms with van der Waals surface area (Å²) in [6.07, 6.45) is -4.15. The van der Waals surface area contributed by atoms with Crippen LogP contribution in [-0.2, 0) is 15.9 Å². The molecule has 0 saturated carbocycles. The fourth-order valence-corrected chi connectivity index (χ4v) is 4.20. The van der Waals surface area contributed by atoms with E-state index >= 15 is 0 Å². The summed E-state index contributed by atoms with van der Waals surface area (Å²) in [5, 5.41) is 40.1. The van der Waals surface area contributed by atoms with Crippen molar-refractivity contribution in [3.63, 3.8) is 0 Å². The average Bonchev–Trinajstić information content (AvgIpc) is 3.39. The predicted molar refractivity (Wildman–Crippen MR) is 113 cm³/mol. The summed E-state index contributed by atoms with van der Waals surface area (Å²) in [6.45, 7) is 0.776. The van der Waals surface area contributed by atoms with Gasteiger partial charge in [-0.15, -0.1) is 0 Å². The molecule has 168 valence electrons. The molecule has 31 heavy (non-hydrogen) atoms. The lowest BCUT2D eigenvalue weighted by Gasteiger charge is -2.19. The van der Waals surface area contributed by atoms with Gasteiger partial charge in [0.25, 0.3) is 0 Å². The second kappa shape index (κ2) is 9.83. The van der Waals surface area contributed by atoms with E-state index in [-0.39, 0.29) is 6.10 Å². The van der Waals surface area contributed by atoms with Crippen LogP contribution in [0.25, 0.3) is 0 Å². The Labute approximate surface area is 185 Å². The van der Waals surface area contributed by atoms with E-state index in [4.69, 9.17) is 30.9 Å². The Morgan fingerprint density at radius 3 is 2.55 bits per heavy atom. The van der Waals surface area contributed by atoms with Crippen LogP contribution in [0.5, 0.6) is 5.75 Å². The molecule has 0 aliphatic carbocycles. The minimum absolute atomic E-state index is 0.0957. The first kappa shape index (κ1) is 22.5. The third kappa shape index (κ3) is 5.04. The summed E-state index contributed by atoms with van der Waals surface area (Å²) in [5.74, 6) is 0.795. The largest absolute Gasteiger partial charge is 0.488 e. The highest BCUT2D eigenvalue weighted by molar-refractivity contribution is 6.31. The molecule has 4 rings (SSSR count). The number of rotatable bonds is 7. The molecule has 2 aliphatic heterocycles. The lowest BCUT2D eigenvalue weighted by molar-refractivity contribution is -0.0820. The van der Waals surface area contributed by atoms with Crippen LogP contribution in [0.4, 0.5) is 0 Å². The summed E-state index contributed by atoms with van der Waals surface area (Å²) < 4.78 is 16.9. The highest BCUT2D eigenvalue weighted by Crippen LogP contribution is 2.36. The Hall–Kier alpha value is -1.71. The fraction of sp³-hybridized carbons (Fsp3) is 0.478. The summed E-state index contributed by atoms with van der Waals surface area (Å²) >= 11 is 6.40. The third-order valence-electron chi connectivity index (χ3n) is 5.77. The van der Waals surface area contributed by atoms with E-state index in [2.05, 4.69) is 0 Å². The van der Waals surface area contributed by atoms with Crippen LogP contribution in [0.1, 0.15) is 29.2 Å². The molecule has 0 spiro atoms. The van der Waals surface area contributed by atoms with Crippen LogP contribution in [-0.4, -0.2) is 70.8 Å². The zero-order valence-corrected chi connectivity index (χ0v) is 17.7. The van der Waals surface area contributed by atoms with Crippen LogP contribution in [0, 0.1) is 0 Å². The molecule has 7 nitrogen and oxygen atoms in total. The molecule has 0 unspecified atom stereocenters. The van der Waals surface area contributed by atoms with Gasteiger partial charge in [0, 0.05) is 11.4 Å². The third-order valence-corrected chi connectivity index (χ3v) is 6.14. The molecular formula is C23H27ClO7. The SMILES string of the molecule is OC[C@@H](O)[C@H]1O[C@@H](c2ccc(Cl)c(Cc3ccc(O[C@@H]4CCOC4)cc3)c2)[C@H](O)[C@H]1O. The maximum absolute atomic E-state index is 10.4. The van der Waals surface area contributed by atoms with E-state index in [1.165, 1.54) is 0 Å². The van der Waals surface area contributed by atoms with Crippen LogP contribution in [0.3, 0.4) is 0 Å². The second-order valence-electron chi connectivity index (χ2n) is 8.03. The first-order valence-electron chi connectivity index (χ1n) is 10.4. The molecule has 0 aromatic heterocycles. The molecule has 0 amide bonds. The van der Waals surface area contributed by atoms with Crippen LogP contribution < -0.4 is 4.74 Å². The Bertz CT molecular complexity index is 869. The van der Waals surface area contributed by atoms with E-state index in [0.29, 0.717) is 23.6 Å². The van der Waals surface area contributed by atoms with Gasteiger partial charge in [-0.05, 0) is 41.3 Å². The summed E-state index contributed by atoms with van der Waals surface area (Å²) in [7, 11) is 0. The molecule has 2 aromatic carbocycles. The fourth-order valence-electron chi connectivity index (χ4n) is 4.01. The first-order chi connectivity index (χ1) is 15.0. The van der Waals surface area contributed by atoms with Gasteiger partial charge in [-0.25, -0.2) is 0 Å². The molecule has 2 fully saturated rings. The van der Waals surface area contributed by atoms with Gasteiger partial charge in [0.1, 0.15) is 42.4 Å². The topological polar surface area (TPSA) is 109 Å². The molecule has 8 heteroatoms. The molecule has 0 radical (unpaired) electrons. The van der Waals surface area contributed by atoms with Gasteiger partial charge in [-0.1, -0.05) is 35.9 Å². The van der Waals surface area contributed by atoms with Crippen molar-refractivity contribution >= 4 is 11.6 Å². The summed E-state index contributed by atoms with van der Waals surface area (Å²) in [5.41, 5.74) is 2.52. The summed E-state index contributed by atoms with van der Waals surface area (Å²) in [4.78, 5) is 0. The monoisotopic (exact) mass is 450 g/mol. The van der Waals surface area contributed by atoms with E-state index in [1.54, 1.807) is 12.1 Å². The maximum atomic E-state index is 10.4. The van der Waals surface area contributed by atoms with Crippen molar-refractivity contribution in [3.05, 3.63) is 64.2 Å². The Morgan fingerprint density at radius 1 is 1.10 bits per heavy atom. The number of benzene rings is 2. The van der Waals surface area contributed by atoms with Crippen molar-refractivity contribution in [1.82, 2.24) is 0 Å². The minimum Gasteiger partial charge on any atom is -0.488 e. The average molecular weight is 451 g/mol. The molecule has 2 saturated heterocycles. The normalized spacial score (nSPS) is 29.3. The standard InChI is InChI=1S/C23H27ClO7/c24-18-6-3-14(22-20(27)21(28)23(31-22)19(26)11-25)10-15(18)9-13-1-4-16(5-2-13)30-17-7-8-29-12-17/h1-6,10,17,19-23,25-28H,7-9,11-12H2/t17-,19-,20-,21-,22+,23-/m1/s1. The van der Waals surface area contributed by atoms with Gasteiger partial charge < -0.3 is 34.6 Å². The molecule has 6 atom stereocenters. The van der Waals surface area contributed by atoms with Crippen molar-refractivity contribution in [1.29, 1.82) is 0 Å².